The number of carbonyl (C=O) groups excluding carboxylic acids is 5. The zero-order chi connectivity index (χ0) is 40.6. The first kappa shape index (κ1) is 41.2. The second kappa shape index (κ2) is 15.6. The van der Waals surface area contributed by atoms with Crippen molar-refractivity contribution in [3.05, 3.63) is 60.5 Å². The van der Waals surface area contributed by atoms with Crippen LogP contribution in [0.15, 0.2) is 43.5 Å². The normalized spacial score (nSPS) is 24.9. The van der Waals surface area contributed by atoms with Crippen LogP contribution in [0.1, 0.15) is 77.0 Å². The first-order valence-corrected chi connectivity index (χ1v) is 19.8. The number of amides is 6. The van der Waals surface area contributed by atoms with E-state index in [4.69, 9.17) is 4.74 Å². The molecule has 4 N–H and O–H groups in total. The lowest BCUT2D eigenvalue weighted by Crippen LogP contribution is -2.60. The zero-order valence-electron chi connectivity index (χ0n) is 31.4. The highest BCUT2D eigenvalue weighted by Gasteiger charge is 2.62. The topological polar surface area (TPSA) is 212 Å². The van der Waals surface area contributed by atoms with Crippen molar-refractivity contribution in [1.82, 2.24) is 30.1 Å². The van der Waals surface area contributed by atoms with Gasteiger partial charge in [0.1, 0.15) is 29.0 Å². The van der Waals surface area contributed by atoms with E-state index in [1.165, 1.54) is 23.1 Å². The van der Waals surface area contributed by atoms with Gasteiger partial charge in [0.15, 0.2) is 0 Å². The lowest BCUT2D eigenvalue weighted by atomic mass is 9.90. The zero-order valence-corrected chi connectivity index (χ0v) is 32.2. The maximum atomic E-state index is 15.0. The Morgan fingerprint density at radius 2 is 1.84 bits per heavy atom. The van der Waals surface area contributed by atoms with Crippen molar-refractivity contribution in [3.8, 4) is 0 Å². The highest BCUT2D eigenvalue weighted by Crippen LogP contribution is 2.48. The van der Waals surface area contributed by atoms with E-state index in [9.17, 15) is 42.3 Å². The second-order valence-electron chi connectivity index (χ2n) is 15.5. The van der Waals surface area contributed by atoms with Gasteiger partial charge in [-0.1, -0.05) is 38.1 Å². The lowest BCUT2D eigenvalue weighted by Gasteiger charge is -2.33. The molecule has 2 aliphatic heterocycles. The van der Waals surface area contributed by atoms with E-state index in [2.05, 4.69) is 28.5 Å². The molecule has 0 spiro atoms. The molecule has 0 aromatic heterocycles. The molecular weight excluding hydrogens is 740 g/mol. The van der Waals surface area contributed by atoms with Crippen molar-refractivity contribution in [1.29, 1.82) is 0 Å². The number of halogens is 1. The molecule has 2 saturated carbocycles. The number of nitrogens with zero attached hydrogens (tertiary/aromatic N) is 3. The Labute approximate surface area is 319 Å². The maximum Gasteiger partial charge on any atom is 0.408 e. The van der Waals surface area contributed by atoms with Crippen molar-refractivity contribution in [3.63, 3.8) is 0 Å². The SMILES string of the molecule is C=CCN(C[C@H](NC(=O)OC(C)(C)C)C(=O)N1C[C@H](C2c3cccc(F)c3CN2C(=O)O)C[C@H]1C(=O)N[C@]1(C(=O)NS(=O)(=O)C2CC2)C[C@H]1CC)C(=O)C=C. The lowest BCUT2D eigenvalue weighted by molar-refractivity contribution is -0.142. The number of fused-ring (bicyclic) bond motifs is 1. The summed E-state index contributed by atoms with van der Waals surface area (Å²) in [6.45, 7) is 12.8. The van der Waals surface area contributed by atoms with Crippen LogP contribution < -0.4 is 15.4 Å². The number of carboxylic acid groups (broad SMARTS) is 1. The Bertz CT molecular complexity index is 1880. The van der Waals surface area contributed by atoms with Gasteiger partial charge < -0.3 is 30.3 Å². The number of rotatable bonds is 14. The van der Waals surface area contributed by atoms with E-state index in [1.54, 1.807) is 33.8 Å². The first-order valence-electron chi connectivity index (χ1n) is 18.2. The van der Waals surface area contributed by atoms with Crippen LogP contribution >= 0.6 is 0 Å². The van der Waals surface area contributed by atoms with Crippen molar-refractivity contribution in [2.24, 2.45) is 11.8 Å². The number of nitrogens with one attached hydrogen (secondary N) is 3. The largest absolute Gasteiger partial charge is 0.465 e. The van der Waals surface area contributed by atoms with Gasteiger partial charge >= 0.3 is 12.2 Å². The van der Waals surface area contributed by atoms with E-state index in [0.717, 1.165) is 15.9 Å². The molecule has 3 fully saturated rings. The minimum absolute atomic E-state index is 0.0467. The Hall–Kier alpha value is -5.00. The van der Waals surface area contributed by atoms with Gasteiger partial charge in [-0.2, -0.15) is 0 Å². The van der Waals surface area contributed by atoms with Crippen LogP contribution in [0, 0.1) is 17.7 Å². The molecule has 6 atom stereocenters. The third kappa shape index (κ3) is 8.79. The molecule has 2 heterocycles. The molecule has 1 aromatic carbocycles. The quantitative estimate of drug-likeness (QED) is 0.160. The number of ether oxygens (including phenoxy) is 1. The van der Waals surface area contributed by atoms with Crippen molar-refractivity contribution in [2.45, 2.75) is 101 Å². The van der Waals surface area contributed by atoms with Crippen LogP contribution in [0.25, 0.3) is 0 Å². The average Bonchev–Trinajstić information content (AvgIpc) is 4.00. The van der Waals surface area contributed by atoms with Crippen molar-refractivity contribution < 1.29 is 51.4 Å². The number of likely N-dealkylation sites (tertiary alicyclic amines) is 1. The maximum absolute atomic E-state index is 15.0. The fourth-order valence-electron chi connectivity index (χ4n) is 7.63. The van der Waals surface area contributed by atoms with Gasteiger partial charge in [-0.25, -0.2) is 22.4 Å². The van der Waals surface area contributed by atoms with Crippen LogP contribution in [0.5, 0.6) is 0 Å². The Morgan fingerprint density at radius 1 is 1.15 bits per heavy atom. The summed E-state index contributed by atoms with van der Waals surface area (Å²) < 4.78 is 48.0. The summed E-state index contributed by atoms with van der Waals surface area (Å²) in [7, 11) is -3.97. The predicted molar refractivity (Wildman–Crippen MR) is 196 cm³/mol. The summed E-state index contributed by atoms with van der Waals surface area (Å²) in [5, 5.41) is 14.8. The van der Waals surface area contributed by atoms with Gasteiger partial charge in [0, 0.05) is 24.6 Å². The molecule has 4 aliphatic rings. The van der Waals surface area contributed by atoms with Crippen LogP contribution in [0.3, 0.4) is 0 Å². The Morgan fingerprint density at radius 3 is 2.40 bits per heavy atom. The first-order chi connectivity index (χ1) is 25.8. The monoisotopic (exact) mass is 788 g/mol. The molecule has 16 nitrogen and oxygen atoms in total. The number of sulfonamides is 1. The Kier molecular flexibility index (Phi) is 11.7. The van der Waals surface area contributed by atoms with Gasteiger partial charge in [-0.3, -0.25) is 28.8 Å². The summed E-state index contributed by atoms with van der Waals surface area (Å²) >= 11 is 0. The molecule has 300 valence electrons. The van der Waals surface area contributed by atoms with Crippen molar-refractivity contribution in [2.75, 3.05) is 19.6 Å². The van der Waals surface area contributed by atoms with Crippen LogP contribution in [-0.2, 0) is 40.5 Å². The molecule has 0 bridgehead atoms. The smallest absolute Gasteiger partial charge is 0.408 e. The van der Waals surface area contributed by atoms with E-state index >= 15 is 4.39 Å². The third-order valence-corrected chi connectivity index (χ3v) is 12.3. The second-order valence-corrected chi connectivity index (χ2v) is 17.5. The van der Waals surface area contributed by atoms with Gasteiger partial charge in [0.05, 0.1) is 24.4 Å². The summed E-state index contributed by atoms with van der Waals surface area (Å²) in [6, 6.07) is 0.361. The molecule has 2 aliphatic carbocycles. The van der Waals surface area contributed by atoms with E-state index in [1.807, 2.05) is 0 Å². The molecular formula is C37H49FN6O10S. The highest BCUT2D eigenvalue weighted by atomic mass is 32.2. The minimum Gasteiger partial charge on any atom is -0.465 e. The van der Waals surface area contributed by atoms with Crippen LogP contribution in [0.4, 0.5) is 14.0 Å². The van der Waals surface area contributed by atoms with Crippen LogP contribution in [0.2, 0.25) is 0 Å². The fourth-order valence-corrected chi connectivity index (χ4v) is 8.99. The summed E-state index contributed by atoms with van der Waals surface area (Å²) in [5.41, 5.74) is -2.05. The number of alkyl carbamates (subject to hydrolysis) is 1. The van der Waals surface area contributed by atoms with Crippen LogP contribution in [-0.4, -0.2) is 112 Å². The van der Waals surface area contributed by atoms with Crippen molar-refractivity contribution >= 4 is 45.8 Å². The number of hydrogen-bond donors (Lipinski definition) is 4. The predicted octanol–water partition coefficient (Wildman–Crippen LogP) is 2.56. The fraction of sp³-hybridized carbons (Fsp3) is 0.568. The van der Waals surface area contributed by atoms with Gasteiger partial charge in [-0.05, 0) is 70.1 Å². The molecule has 18 heteroatoms. The average molecular weight is 789 g/mol. The molecule has 1 aromatic rings. The molecule has 6 amide bonds. The standard InChI is InChI=1S/C37H49FN6O10S/c1-7-15-42(29(45)9-3)20-27(39-34(49)54-36(4,5)6)32(47)43-18-21(30-24-11-10-12-26(38)25(24)19-44(30)35(50)51)16-28(43)31(46)40-37(17-22(37)8-2)33(48)41-55(52,53)23-13-14-23/h7,9-12,21-23,27-28,30H,1,3,8,13-20H2,2,4-6H3,(H,39,49)(H,40,46)(H,41,48)(H,50,51)/t21-,22-,27+,28+,30?,37-/m1/s1. The van der Waals surface area contributed by atoms with Gasteiger partial charge in [0.25, 0.3) is 5.91 Å². The number of carbonyl (C=O) groups is 6. The van der Waals surface area contributed by atoms with E-state index < -0.39 is 105 Å². The molecule has 1 saturated heterocycles. The summed E-state index contributed by atoms with van der Waals surface area (Å²) in [5.74, 6) is -4.96. The van der Waals surface area contributed by atoms with E-state index in [-0.39, 0.29) is 38.0 Å². The molecule has 5 rings (SSSR count). The third-order valence-electron chi connectivity index (χ3n) is 10.5. The van der Waals surface area contributed by atoms with Gasteiger partial charge in [0.2, 0.25) is 27.7 Å². The molecule has 0 radical (unpaired) electrons. The highest BCUT2D eigenvalue weighted by molar-refractivity contribution is 7.91. The number of benzene rings is 1. The molecule has 1 unspecified atom stereocenters. The van der Waals surface area contributed by atoms with Gasteiger partial charge in [-0.15, -0.1) is 6.58 Å². The minimum atomic E-state index is -3.97. The van der Waals surface area contributed by atoms with E-state index in [0.29, 0.717) is 24.8 Å². The number of hydrogen-bond acceptors (Lipinski definition) is 9. The Balaban J connectivity index is 1.53. The molecule has 55 heavy (non-hydrogen) atoms. The summed E-state index contributed by atoms with van der Waals surface area (Å²) in [6.07, 6.45) is 1.29. The summed E-state index contributed by atoms with van der Waals surface area (Å²) in [4.78, 5) is 84.6.